The standard InChI is InChI=1S/C30H22N2O5/c1-2-17-37-25-11-9-20(10-12-25)30(21-5-3-7-23(18-21)31-26(33)13-14-27(31)34)22-6-4-8-24(19-22)32-28(35)15-16-29(32)36/h2-16,18-19,30H,1,17H2. The van der Waals surface area contributed by atoms with Crippen molar-refractivity contribution in [3.8, 4) is 5.75 Å². The van der Waals surface area contributed by atoms with Crippen molar-refractivity contribution in [1.29, 1.82) is 0 Å². The van der Waals surface area contributed by atoms with Crippen LogP contribution in [0, 0.1) is 0 Å². The Bertz CT molecular complexity index is 1360. The maximum absolute atomic E-state index is 12.3. The fourth-order valence-electron chi connectivity index (χ4n) is 4.49. The number of nitrogens with zero attached hydrogens (tertiary/aromatic N) is 2. The summed E-state index contributed by atoms with van der Waals surface area (Å²) in [7, 11) is 0. The molecule has 0 saturated carbocycles. The van der Waals surface area contributed by atoms with E-state index in [1.165, 1.54) is 24.3 Å². The molecule has 0 saturated heterocycles. The summed E-state index contributed by atoms with van der Waals surface area (Å²) in [6.45, 7) is 4.05. The topological polar surface area (TPSA) is 84.0 Å². The van der Waals surface area contributed by atoms with E-state index in [0.717, 1.165) is 26.5 Å². The molecule has 3 aromatic carbocycles. The third-order valence-electron chi connectivity index (χ3n) is 6.12. The molecule has 0 radical (unpaired) electrons. The molecule has 7 heteroatoms. The Hall–Kier alpha value is -5.04. The Balaban J connectivity index is 1.59. The van der Waals surface area contributed by atoms with Crippen LogP contribution < -0.4 is 14.5 Å². The van der Waals surface area contributed by atoms with Crippen LogP contribution in [0.15, 0.2) is 110 Å². The van der Waals surface area contributed by atoms with Gasteiger partial charge in [-0.25, -0.2) is 9.80 Å². The summed E-state index contributed by atoms with van der Waals surface area (Å²) in [4.78, 5) is 51.5. The molecule has 0 atom stereocenters. The van der Waals surface area contributed by atoms with Gasteiger partial charge in [-0.2, -0.15) is 0 Å². The molecule has 0 unspecified atom stereocenters. The van der Waals surface area contributed by atoms with Crippen LogP contribution >= 0.6 is 0 Å². The van der Waals surface area contributed by atoms with E-state index < -0.39 is 23.6 Å². The second-order valence-electron chi connectivity index (χ2n) is 8.48. The molecule has 7 nitrogen and oxygen atoms in total. The first kappa shape index (κ1) is 23.7. The lowest BCUT2D eigenvalue weighted by molar-refractivity contribution is -0.121. The van der Waals surface area contributed by atoms with Crippen molar-refractivity contribution in [2.45, 2.75) is 5.92 Å². The van der Waals surface area contributed by atoms with Crippen molar-refractivity contribution < 1.29 is 23.9 Å². The average molecular weight is 491 g/mol. The number of amides is 4. The van der Waals surface area contributed by atoms with E-state index in [9.17, 15) is 19.2 Å². The molecule has 0 aliphatic carbocycles. The average Bonchev–Trinajstić information content (AvgIpc) is 3.43. The summed E-state index contributed by atoms with van der Waals surface area (Å²) >= 11 is 0. The van der Waals surface area contributed by atoms with E-state index in [0.29, 0.717) is 23.7 Å². The predicted octanol–water partition coefficient (Wildman–Crippen LogP) is 4.29. The summed E-state index contributed by atoms with van der Waals surface area (Å²) in [6.07, 6.45) is 6.65. The molecule has 0 spiro atoms. The zero-order valence-electron chi connectivity index (χ0n) is 19.7. The fraction of sp³-hybridized carbons (Fsp3) is 0.0667. The van der Waals surface area contributed by atoms with E-state index in [1.807, 2.05) is 36.4 Å². The van der Waals surface area contributed by atoms with Gasteiger partial charge in [0, 0.05) is 30.2 Å². The van der Waals surface area contributed by atoms with Crippen LogP contribution in [0.1, 0.15) is 22.6 Å². The Labute approximate surface area is 213 Å². The van der Waals surface area contributed by atoms with Crippen LogP contribution in [0.3, 0.4) is 0 Å². The SMILES string of the molecule is C=CCOc1ccc(C(c2cccc(N3C(=O)C=CC3=O)c2)c2cccc(N3C(=O)C=CC3=O)c2)cc1. The quantitative estimate of drug-likeness (QED) is 0.267. The number of rotatable bonds is 8. The number of carbonyl (C=O) groups excluding carboxylic acids is 4. The summed E-state index contributed by atoms with van der Waals surface area (Å²) < 4.78 is 5.63. The number of ether oxygens (including phenoxy) is 1. The zero-order valence-corrected chi connectivity index (χ0v) is 19.7. The molecular formula is C30H22N2O5. The molecule has 4 amide bonds. The number of carbonyl (C=O) groups is 4. The number of hydrogen-bond donors (Lipinski definition) is 0. The molecule has 5 rings (SSSR count). The maximum Gasteiger partial charge on any atom is 0.258 e. The van der Waals surface area contributed by atoms with Gasteiger partial charge in [-0.1, -0.05) is 49.1 Å². The van der Waals surface area contributed by atoms with Crippen molar-refractivity contribution >= 4 is 35.0 Å². The first-order valence-corrected chi connectivity index (χ1v) is 11.6. The second kappa shape index (κ2) is 9.91. The van der Waals surface area contributed by atoms with E-state index in [2.05, 4.69) is 6.58 Å². The molecule has 2 heterocycles. The minimum absolute atomic E-state index is 0.338. The van der Waals surface area contributed by atoms with Crippen LogP contribution in [-0.2, 0) is 19.2 Å². The Kier molecular flexibility index (Phi) is 6.34. The van der Waals surface area contributed by atoms with Crippen LogP contribution in [-0.4, -0.2) is 30.2 Å². The molecule has 0 bridgehead atoms. The monoisotopic (exact) mass is 490 g/mol. The summed E-state index contributed by atoms with van der Waals surface area (Å²) in [5, 5.41) is 0. The minimum Gasteiger partial charge on any atom is -0.490 e. The van der Waals surface area contributed by atoms with Gasteiger partial charge in [-0.15, -0.1) is 0 Å². The lowest BCUT2D eigenvalue weighted by Crippen LogP contribution is -2.29. The molecule has 2 aliphatic rings. The van der Waals surface area contributed by atoms with Gasteiger partial charge in [0.05, 0.1) is 11.4 Å². The van der Waals surface area contributed by atoms with Gasteiger partial charge in [-0.05, 0) is 53.1 Å². The summed E-state index contributed by atoms with van der Waals surface area (Å²) in [5.41, 5.74) is 3.46. The number of imide groups is 2. The van der Waals surface area contributed by atoms with E-state index >= 15 is 0 Å². The van der Waals surface area contributed by atoms with E-state index in [-0.39, 0.29) is 5.92 Å². The highest BCUT2D eigenvalue weighted by Gasteiger charge is 2.28. The summed E-state index contributed by atoms with van der Waals surface area (Å²) in [6, 6.07) is 22.0. The van der Waals surface area contributed by atoms with Crippen LogP contribution in [0.2, 0.25) is 0 Å². The van der Waals surface area contributed by atoms with Gasteiger partial charge >= 0.3 is 0 Å². The van der Waals surface area contributed by atoms with Gasteiger partial charge in [0.1, 0.15) is 12.4 Å². The van der Waals surface area contributed by atoms with Crippen molar-refractivity contribution in [2.75, 3.05) is 16.4 Å². The highest BCUT2D eigenvalue weighted by Crippen LogP contribution is 2.37. The van der Waals surface area contributed by atoms with Crippen molar-refractivity contribution in [3.63, 3.8) is 0 Å². The normalized spacial score (nSPS) is 14.8. The van der Waals surface area contributed by atoms with E-state index in [1.54, 1.807) is 42.5 Å². The smallest absolute Gasteiger partial charge is 0.258 e. The summed E-state index contributed by atoms with van der Waals surface area (Å²) in [5.74, 6) is -1.25. The lowest BCUT2D eigenvalue weighted by atomic mass is 9.84. The number of benzene rings is 3. The third kappa shape index (κ3) is 4.62. The Morgan fingerprint density at radius 3 is 1.54 bits per heavy atom. The highest BCUT2D eigenvalue weighted by atomic mass is 16.5. The van der Waals surface area contributed by atoms with Gasteiger partial charge in [0.25, 0.3) is 23.6 Å². The third-order valence-corrected chi connectivity index (χ3v) is 6.12. The van der Waals surface area contributed by atoms with Gasteiger partial charge in [0.2, 0.25) is 0 Å². The van der Waals surface area contributed by atoms with Crippen molar-refractivity contribution in [2.24, 2.45) is 0 Å². The van der Waals surface area contributed by atoms with Gasteiger partial charge in [-0.3, -0.25) is 19.2 Å². The predicted molar refractivity (Wildman–Crippen MR) is 139 cm³/mol. The number of anilines is 2. The maximum atomic E-state index is 12.3. The van der Waals surface area contributed by atoms with Crippen molar-refractivity contribution in [3.05, 3.63) is 126 Å². The molecule has 182 valence electrons. The molecule has 3 aromatic rings. The molecule has 0 fully saturated rings. The van der Waals surface area contributed by atoms with E-state index in [4.69, 9.17) is 4.74 Å². The fourth-order valence-corrected chi connectivity index (χ4v) is 4.49. The largest absolute Gasteiger partial charge is 0.490 e. The lowest BCUT2D eigenvalue weighted by Gasteiger charge is -2.23. The molecule has 0 aromatic heterocycles. The van der Waals surface area contributed by atoms with Crippen molar-refractivity contribution in [1.82, 2.24) is 0 Å². The minimum atomic E-state index is -0.400. The van der Waals surface area contributed by atoms with Crippen LogP contribution in [0.5, 0.6) is 5.75 Å². The molecule has 37 heavy (non-hydrogen) atoms. The molecule has 2 aliphatic heterocycles. The Morgan fingerprint density at radius 1 is 0.649 bits per heavy atom. The highest BCUT2D eigenvalue weighted by molar-refractivity contribution is 6.28. The van der Waals surface area contributed by atoms with Crippen LogP contribution in [0.4, 0.5) is 11.4 Å². The first-order valence-electron chi connectivity index (χ1n) is 11.6. The first-order chi connectivity index (χ1) is 18.0. The molecule has 0 N–H and O–H groups in total. The van der Waals surface area contributed by atoms with Gasteiger partial charge < -0.3 is 4.74 Å². The second-order valence-corrected chi connectivity index (χ2v) is 8.48. The molecular weight excluding hydrogens is 468 g/mol. The van der Waals surface area contributed by atoms with Gasteiger partial charge in [0.15, 0.2) is 0 Å². The Morgan fingerprint density at radius 2 is 1.11 bits per heavy atom. The number of hydrogen-bond acceptors (Lipinski definition) is 5. The zero-order chi connectivity index (χ0) is 25.9. The van der Waals surface area contributed by atoms with Crippen LogP contribution in [0.25, 0.3) is 0 Å².